The van der Waals surface area contributed by atoms with E-state index in [0.29, 0.717) is 35.3 Å². The fourth-order valence-corrected chi connectivity index (χ4v) is 4.66. The summed E-state index contributed by atoms with van der Waals surface area (Å²) in [4.78, 5) is 43.0. The number of nitrogens with zero attached hydrogens (tertiary/aromatic N) is 2. The number of hydrogen-bond acceptors (Lipinski definition) is 6. The summed E-state index contributed by atoms with van der Waals surface area (Å²) in [5, 5.41) is 2.63. The Morgan fingerprint density at radius 2 is 1.97 bits per heavy atom. The zero-order chi connectivity index (χ0) is 23.9. The van der Waals surface area contributed by atoms with E-state index in [9.17, 15) is 14.4 Å². The first-order chi connectivity index (χ1) is 16.4. The van der Waals surface area contributed by atoms with Crippen molar-refractivity contribution in [1.29, 1.82) is 0 Å². The molecule has 3 aromatic rings. The predicted octanol–water partition coefficient (Wildman–Crippen LogP) is 4.03. The Kier molecular flexibility index (Phi) is 5.45. The topological polar surface area (TPSA) is 97.8 Å². The van der Waals surface area contributed by atoms with Crippen molar-refractivity contribution in [2.75, 3.05) is 20.1 Å². The number of rotatable bonds is 3. The number of likely N-dealkylation sites (tertiary alicyclic amines) is 1. The monoisotopic (exact) mass is 477 g/mol. The highest BCUT2D eigenvalue weighted by Gasteiger charge is 2.51. The molecule has 0 unspecified atom stereocenters. The van der Waals surface area contributed by atoms with Gasteiger partial charge in [0, 0.05) is 37.2 Å². The molecule has 34 heavy (non-hydrogen) atoms. The van der Waals surface area contributed by atoms with Gasteiger partial charge in [-0.1, -0.05) is 41.9 Å². The van der Waals surface area contributed by atoms with Crippen LogP contribution >= 0.6 is 11.6 Å². The number of ether oxygens (including phenoxy) is 2. The van der Waals surface area contributed by atoms with E-state index in [1.807, 2.05) is 12.1 Å². The first-order valence-electron chi connectivity index (χ1n) is 10.7. The summed E-state index contributed by atoms with van der Waals surface area (Å²) >= 11 is 6.50. The molecule has 9 heteroatoms. The van der Waals surface area contributed by atoms with E-state index >= 15 is 0 Å². The SMILES string of the molecule is CNC(=O)Oc1cccc(-c2ccc(C(=O)N3CC[C@@]4(C3)OC(=O)c3ccccc34)c(Cl)c2)n1. The Morgan fingerprint density at radius 1 is 1.15 bits per heavy atom. The van der Waals surface area contributed by atoms with E-state index in [2.05, 4.69) is 10.3 Å². The number of halogens is 1. The van der Waals surface area contributed by atoms with Crippen LogP contribution in [0.5, 0.6) is 5.88 Å². The van der Waals surface area contributed by atoms with Crippen LogP contribution in [0.1, 0.15) is 32.7 Å². The van der Waals surface area contributed by atoms with Gasteiger partial charge in [-0.25, -0.2) is 14.6 Å². The number of carbonyl (C=O) groups is 3. The standard InChI is InChI=1S/C25H20ClN3O5/c1-27-24(32)33-21-8-4-7-20(28-21)15-9-10-17(19(26)13-15)22(30)29-12-11-25(14-29)18-6-3-2-5-16(18)23(31)34-25/h2-10,13H,11-12,14H2,1H3,(H,27,32)/t25-/m0/s1. The van der Waals surface area contributed by atoms with Crippen LogP contribution < -0.4 is 10.1 Å². The number of fused-ring (bicyclic) bond motifs is 2. The molecule has 0 saturated carbocycles. The Morgan fingerprint density at radius 3 is 2.76 bits per heavy atom. The largest absolute Gasteiger partial charge is 0.449 e. The number of esters is 1. The van der Waals surface area contributed by atoms with E-state index in [1.165, 1.54) is 7.05 Å². The molecule has 1 fully saturated rings. The second kappa shape index (κ2) is 8.46. The van der Waals surface area contributed by atoms with Crippen LogP contribution in [-0.2, 0) is 10.3 Å². The Balaban J connectivity index is 1.36. The lowest BCUT2D eigenvalue weighted by Crippen LogP contribution is -2.34. The highest BCUT2D eigenvalue weighted by atomic mass is 35.5. The number of aromatic nitrogens is 1. The molecule has 172 valence electrons. The van der Waals surface area contributed by atoms with E-state index in [-0.39, 0.29) is 29.3 Å². The van der Waals surface area contributed by atoms with Gasteiger partial charge in [0.1, 0.15) is 0 Å². The maximum absolute atomic E-state index is 13.3. The van der Waals surface area contributed by atoms with E-state index in [1.54, 1.807) is 53.4 Å². The average Bonchev–Trinajstić information content (AvgIpc) is 3.40. The fourth-order valence-electron chi connectivity index (χ4n) is 4.40. The van der Waals surface area contributed by atoms with Gasteiger partial charge in [-0.2, -0.15) is 0 Å². The predicted molar refractivity (Wildman–Crippen MR) is 124 cm³/mol. The van der Waals surface area contributed by atoms with Gasteiger partial charge >= 0.3 is 12.1 Å². The fraction of sp³-hybridized carbons (Fsp3) is 0.200. The van der Waals surface area contributed by atoms with Crippen LogP contribution in [0, 0.1) is 0 Å². The van der Waals surface area contributed by atoms with Crippen LogP contribution in [0.25, 0.3) is 11.3 Å². The van der Waals surface area contributed by atoms with E-state index in [4.69, 9.17) is 21.1 Å². The summed E-state index contributed by atoms with van der Waals surface area (Å²) in [5.41, 5.74) is 2.11. The van der Waals surface area contributed by atoms with Gasteiger partial charge in [0.15, 0.2) is 5.60 Å². The molecule has 1 atom stereocenters. The number of nitrogens with one attached hydrogen (secondary N) is 1. The number of benzene rings is 2. The zero-order valence-electron chi connectivity index (χ0n) is 18.2. The first-order valence-corrected chi connectivity index (χ1v) is 11.1. The molecule has 2 aromatic carbocycles. The van der Waals surface area contributed by atoms with Gasteiger partial charge in [0.25, 0.3) is 5.91 Å². The molecule has 0 bridgehead atoms. The lowest BCUT2D eigenvalue weighted by molar-refractivity contribution is -0.00306. The number of pyridine rings is 1. The lowest BCUT2D eigenvalue weighted by Gasteiger charge is -2.24. The Bertz CT molecular complexity index is 1330. The molecule has 8 nitrogen and oxygen atoms in total. The summed E-state index contributed by atoms with van der Waals surface area (Å²) < 4.78 is 10.8. The highest BCUT2D eigenvalue weighted by molar-refractivity contribution is 6.34. The molecular weight excluding hydrogens is 458 g/mol. The molecule has 2 aliphatic rings. The molecule has 5 rings (SSSR count). The van der Waals surface area contributed by atoms with E-state index < -0.39 is 11.7 Å². The molecule has 0 radical (unpaired) electrons. The highest BCUT2D eigenvalue weighted by Crippen LogP contribution is 2.43. The van der Waals surface area contributed by atoms with Gasteiger partial charge in [-0.15, -0.1) is 0 Å². The van der Waals surface area contributed by atoms with Gasteiger partial charge < -0.3 is 19.7 Å². The minimum Gasteiger partial charge on any atom is -0.449 e. The van der Waals surface area contributed by atoms with Crippen molar-refractivity contribution in [3.8, 4) is 17.1 Å². The molecule has 1 aromatic heterocycles. The van der Waals surface area contributed by atoms with Crippen molar-refractivity contribution in [3.05, 3.63) is 82.4 Å². The average molecular weight is 478 g/mol. The molecule has 1 N–H and O–H groups in total. The maximum atomic E-state index is 13.3. The summed E-state index contributed by atoms with van der Waals surface area (Å²) in [6.07, 6.45) is -0.0956. The summed E-state index contributed by atoms with van der Waals surface area (Å²) in [6, 6.07) is 17.3. The smallest absolute Gasteiger partial charge is 0.413 e. The zero-order valence-corrected chi connectivity index (χ0v) is 19.0. The van der Waals surface area contributed by atoms with Gasteiger partial charge in [0.2, 0.25) is 5.88 Å². The molecule has 2 aliphatic heterocycles. The van der Waals surface area contributed by atoms with Crippen LogP contribution in [0.4, 0.5) is 4.79 Å². The minimum atomic E-state index is -0.815. The van der Waals surface area contributed by atoms with Crippen molar-refractivity contribution in [1.82, 2.24) is 15.2 Å². The van der Waals surface area contributed by atoms with Crippen LogP contribution in [0.15, 0.2) is 60.7 Å². The third kappa shape index (κ3) is 3.76. The van der Waals surface area contributed by atoms with Crippen molar-refractivity contribution < 1.29 is 23.9 Å². The molecule has 3 heterocycles. The van der Waals surface area contributed by atoms with E-state index in [0.717, 1.165) is 5.56 Å². The molecule has 1 saturated heterocycles. The van der Waals surface area contributed by atoms with Crippen LogP contribution in [0.2, 0.25) is 5.02 Å². The lowest BCUT2D eigenvalue weighted by atomic mass is 9.91. The number of amides is 2. The number of carbonyl (C=O) groups excluding carboxylic acids is 3. The van der Waals surface area contributed by atoms with Crippen molar-refractivity contribution in [2.24, 2.45) is 0 Å². The maximum Gasteiger partial charge on any atom is 0.413 e. The second-order valence-electron chi connectivity index (χ2n) is 8.10. The normalized spacial score (nSPS) is 18.5. The Labute approximate surface area is 200 Å². The number of hydrogen-bond donors (Lipinski definition) is 1. The van der Waals surface area contributed by atoms with Crippen molar-refractivity contribution >= 4 is 29.6 Å². The molecule has 2 amide bonds. The molecule has 1 spiro atoms. The van der Waals surface area contributed by atoms with Gasteiger partial charge in [-0.3, -0.25) is 4.79 Å². The van der Waals surface area contributed by atoms with Gasteiger partial charge in [-0.05, 0) is 24.3 Å². The Hall–Kier alpha value is -3.91. The summed E-state index contributed by atoms with van der Waals surface area (Å²) in [7, 11) is 1.46. The van der Waals surface area contributed by atoms with Crippen LogP contribution in [-0.4, -0.2) is 48.0 Å². The van der Waals surface area contributed by atoms with Crippen molar-refractivity contribution in [2.45, 2.75) is 12.0 Å². The molecule has 0 aliphatic carbocycles. The van der Waals surface area contributed by atoms with Gasteiger partial charge in [0.05, 0.1) is 28.4 Å². The first kappa shape index (κ1) is 21.9. The third-order valence-corrected chi connectivity index (χ3v) is 6.38. The summed E-state index contributed by atoms with van der Waals surface area (Å²) in [6.45, 7) is 0.714. The summed E-state index contributed by atoms with van der Waals surface area (Å²) in [5.74, 6) is -0.456. The van der Waals surface area contributed by atoms with Crippen LogP contribution in [0.3, 0.4) is 0 Å². The minimum absolute atomic E-state index is 0.141. The third-order valence-electron chi connectivity index (χ3n) is 6.07. The second-order valence-corrected chi connectivity index (χ2v) is 8.51. The van der Waals surface area contributed by atoms with Crippen molar-refractivity contribution in [3.63, 3.8) is 0 Å². The quantitative estimate of drug-likeness (QED) is 0.572. The molecular formula is C25H20ClN3O5.